The van der Waals surface area contributed by atoms with Crippen LogP contribution < -0.4 is 5.32 Å². The van der Waals surface area contributed by atoms with Crippen molar-refractivity contribution in [2.45, 2.75) is 65.1 Å². The van der Waals surface area contributed by atoms with Gasteiger partial charge in [-0.2, -0.15) is 0 Å². The number of rotatable bonds is 4. The number of nitrogens with one attached hydrogen (secondary N) is 1. The van der Waals surface area contributed by atoms with Gasteiger partial charge in [-0.1, -0.05) is 13.8 Å². The summed E-state index contributed by atoms with van der Waals surface area (Å²) in [5.41, 5.74) is 0.338. The van der Waals surface area contributed by atoms with Crippen molar-refractivity contribution in [3.63, 3.8) is 0 Å². The molecule has 2 fully saturated rings. The largest absolute Gasteiger partial charge is 0.314 e. The minimum absolute atomic E-state index is 0.338. The Bertz CT molecular complexity index is 274. The molecule has 0 bridgehead atoms. The summed E-state index contributed by atoms with van der Waals surface area (Å²) in [5.74, 6) is 0.892. The zero-order valence-electron chi connectivity index (χ0n) is 13.6. The third-order valence-electron chi connectivity index (χ3n) is 4.90. The van der Waals surface area contributed by atoms with Crippen LogP contribution in [0.5, 0.6) is 0 Å². The lowest BCUT2D eigenvalue weighted by atomic mass is 9.78. The molecule has 0 aromatic heterocycles. The Hall–Kier alpha value is -0.120. The summed E-state index contributed by atoms with van der Waals surface area (Å²) in [7, 11) is 0. The van der Waals surface area contributed by atoms with Gasteiger partial charge in [0.2, 0.25) is 0 Å². The zero-order chi connectivity index (χ0) is 14.0. The summed E-state index contributed by atoms with van der Waals surface area (Å²) >= 11 is 0. The van der Waals surface area contributed by atoms with Gasteiger partial charge in [-0.25, -0.2) is 0 Å². The smallest absolute Gasteiger partial charge is 0.0137 e. The van der Waals surface area contributed by atoms with E-state index in [9.17, 15) is 0 Å². The van der Waals surface area contributed by atoms with Gasteiger partial charge in [-0.15, -0.1) is 0 Å². The van der Waals surface area contributed by atoms with Gasteiger partial charge >= 0.3 is 0 Å². The maximum atomic E-state index is 3.61. The van der Waals surface area contributed by atoms with Crippen molar-refractivity contribution >= 4 is 0 Å². The van der Waals surface area contributed by atoms with Gasteiger partial charge in [0.1, 0.15) is 0 Å². The molecule has 3 heteroatoms. The molecule has 1 N–H and O–H groups in total. The molecule has 1 aliphatic carbocycles. The Kier molecular flexibility index (Phi) is 4.91. The summed E-state index contributed by atoms with van der Waals surface area (Å²) in [6.07, 6.45) is 2.84. The van der Waals surface area contributed by atoms with Crippen molar-refractivity contribution in [2.24, 2.45) is 5.92 Å². The summed E-state index contributed by atoms with van der Waals surface area (Å²) in [4.78, 5) is 5.38. The molecule has 1 saturated heterocycles. The van der Waals surface area contributed by atoms with Crippen LogP contribution in [-0.4, -0.2) is 60.1 Å². The van der Waals surface area contributed by atoms with Gasteiger partial charge < -0.3 is 5.32 Å². The molecule has 112 valence electrons. The number of piperazine rings is 1. The third-order valence-corrected chi connectivity index (χ3v) is 4.90. The second kappa shape index (κ2) is 6.11. The van der Waals surface area contributed by atoms with Gasteiger partial charge in [0.05, 0.1) is 0 Å². The van der Waals surface area contributed by atoms with Crippen molar-refractivity contribution in [3.8, 4) is 0 Å². The van der Waals surface area contributed by atoms with E-state index in [0.717, 1.165) is 12.0 Å². The molecule has 1 aliphatic heterocycles. The van der Waals surface area contributed by atoms with Crippen LogP contribution in [-0.2, 0) is 0 Å². The van der Waals surface area contributed by atoms with Crippen molar-refractivity contribution in [3.05, 3.63) is 0 Å². The topological polar surface area (TPSA) is 18.5 Å². The quantitative estimate of drug-likeness (QED) is 0.842. The second-order valence-corrected chi connectivity index (χ2v) is 7.66. The van der Waals surface area contributed by atoms with Crippen LogP contribution in [0.4, 0.5) is 0 Å². The molecule has 2 unspecified atom stereocenters. The maximum Gasteiger partial charge on any atom is 0.0137 e. The van der Waals surface area contributed by atoms with E-state index in [1.54, 1.807) is 0 Å². The third kappa shape index (κ3) is 3.93. The highest BCUT2D eigenvalue weighted by molar-refractivity contribution is 4.93. The van der Waals surface area contributed by atoms with Crippen molar-refractivity contribution in [1.29, 1.82) is 0 Å². The minimum Gasteiger partial charge on any atom is -0.314 e. The molecular formula is C16H33N3. The zero-order valence-corrected chi connectivity index (χ0v) is 13.6. The van der Waals surface area contributed by atoms with Gasteiger partial charge in [-0.3, -0.25) is 9.80 Å². The predicted molar refractivity (Wildman–Crippen MR) is 82.5 cm³/mol. The maximum absolute atomic E-state index is 3.61. The average molecular weight is 267 g/mol. The Morgan fingerprint density at radius 2 is 1.68 bits per heavy atom. The summed E-state index contributed by atoms with van der Waals surface area (Å²) in [6, 6.07) is 1.48. The van der Waals surface area contributed by atoms with Crippen molar-refractivity contribution < 1.29 is 0 Å². The van der Waals surface area contributed by atoms with E-state index in [4.69, 9.17) is 0 Å². The average Bonchev–Trinajstić information content (AvgIpc) is 2.26. The normalized spacial score (nSPS) is 30.6. The van der Waals surface area contributed by atoms with Gasteiger partial charge in [0.15, 0.2) is 0 Å². The van der Waals surface area contributed by atoms with E-state index in [1.807, 2.05) is 0 Å². The van der Waals surface area contributed by atoms with Crippen molar-refractivity contribution in [2.75, 3.05) is 32.7 Å². The van der Waals surface area contributed by atoms with Crippen LogP contribution in [0.1, 0.15) is 47.5 Å². The van der Waals surface area contributed by atoms with Crippen LogP contribution in [0.15, 0.2) is 0 Å². The standard InChI is InChI=1S/C16H33N3/c1-13(2)17-12-14-6-7-15(14)18-8-10-19(11-9-18)16(3,4)5/h13-15,17H,6-12H2,1-5H3. The first-order valence-corrected chi connectivity index (χ1v) is 8.10. The van der Waals surface area contributed by atoms with Crippen LogP contribution >= 0.6 is 0 Å². The van der Waals surface area contributed by atoms with E-state index < -0.39 is 0 Å². The molecule has 0 amide bonds. The molecule has 0 radical (unpaired) electrons. The summed E-state index contributed by atoms with van der Waals surface area (Å²) < 4.78 is 0. The van der Waals surface area contributed by atoms with E-state index in [2.05, 4.69) is 49.7 Å². The molecule has 0 spiro atoms. The van der Waals surface area contributed by atoms with Crippen LogP contribution in [0, 0.1) is 5.92 Å². The Labute approximate surface area is 119 Å². The van der Waals surface area contributed by atoms with Gasteiger partial charge in [-0.05, 0) is 46.1 Å². The highest BCUT2D eigenvalue weighted by atomic mass is 15.3. The fourth-order valence-corrected chi connectivity index (χ4v) is 3.38. The molecule has 2 atom stereocenters. The molecule has 1 saturated carbocycles. The molecule has 0 aromatic carbocycles. The Morgan fingerprint density at radius 3 is 2.11 bits per heavy atom. The summed E-state index contributed by atoms with van der Waals surface area (Å²) in [5, 5.41) is 3.61. The molecule has 19 heavy (non-hydrogen) atoms. The number of hydrogen-bond donors (Lipinski definition) is 1. The lowest BCUT2D eigenvalue weighted by Gasteiger charge is -2.50. The number of nitrogens with zero attached hydrogens (tertiary/aromatic N) is 2. The fraction of sp³-hybridized carbons (Fsp3) is 1.00. The monoisotopic (exact) mass is 267 g/mol. The van der Waals surface area contributed by atoms with E-state index in [0.29, 0.717) is 11.6 Å². The molecule has 1 heterocycles. The lowest BCUT2D eigenvalue weighted by molar-refractivity contribution is -0.00439. The van der Waals surface area contributed by atoms with Gasteiger partial charge in [0, 0.05) is 43.8 Å². The first kappa shape index (κ1) is 15.3. The first-order chi connectivity index (χ1) is 8.88. The molecule has 2 rings (SSSR count). The number of hydrogen-bond acceptors (Lipinski definition) is 3. The molecular weight excluding hydrogens is 234 g/mol. The minimum atomic E-state index is 0.338. The van der Waals surface area contributed by atoms with E-state index in [-0.39, 0.29) is 0 Å². The van der Waals surface area contributed by atoms with Crippen molar-refractivity contribution in [1.82, 2.24) is 15.1 Å². The van der Waals surface area contributed by atoms with Crippen LogP contribution in [0.2, 0.25) is 0 Å². The van der Waals surface area contributed by atoms with Crippen LogP contribution in [0.25, 0.3) is 0 Å². The highest BCUT2D eigenvalue weighted by Gasteiger charge is 2.37. The van der Waals surface area contributed by atoms with Gasteiger partial charge in [0.25, 0.3) is 0 Å². The SMILES string of the molecule is CC(C)NCC1CCC1N1CCN(C(C)(C)C)CC1. The highest BCUT2D eigenvalue weighted by Crippen LogP contribution is 2.33. The molecule has 0 aromatic rings. The Balaban J connectivity index is 1.75. The molecule has 3 nitrogen and oxygen atoms in total. The Morgan fingerprint density at radius 1 is 1.05 bits per heavy atom. The first-order valence-electron chi connectivity index (χ1n) is 8.10. The second-order valence-electron chi connectivity index (χ2n) is 7.66. The summed E-state index contributed by atoms with van der Waals surface area (Å²) in [6.45, 7) is 17.7. The fourth-order valence-electron chi connectivity index (χ4n) is 3.38. The van der Waals surface area contributed by atoms with Crippen LogP contribution in [0.3, 0.4) is 0 Å². The molecule has 2 aliphatic rings. The van der Waals surface area contributed by atoms with E-state index >= 15 is 0 Å². The lowest BCUT2D eigenvalue weighted by Crippen LogP contribution is -2.59. The van der Waals surface area contributed by atoms with E-state index in [1.165, 1.54) is 45.6 Å². The predicted octanol–water partition coefficient (Wildman–Crippen LogP) is 2.18.